The van der Waals surface area contributed by atoms with Crippen molar-refractivity contribution in [1.29, 1.82) is 0 Å². The summed E-state index contributed by atoms with van der Waals surface area (Å²) in [4.78, 5) is 21.4. The van der Waals surface area contributed by atoms with Gasteiger partial charge >= 0.3 is 0 Å². The maximum absolute atomic E-state index is 12.0. The van der Waals surface area contributed by atoms with Crippen LogP contribution in [-0.2, 0) is 10.1 Å². The predicted octanol–water partition coefficient (Wildman–Crippen LogP) is 1.68. The van der Waals surface area contributed by atoms with Gasteiger partial charge in [-0.3, -0.25) is 19.5 Å². The van der Waals surface area contributed by atoms with Gasteiger partial charge in [0, 0.05) is 23.4 Å². The van der Waals surface area contributed by atoms with Gasteiger partial charge in [0.2, 0.25) is 0 Å². The lowest BCUT2D eigenvalue weighted by atomic mass is 10.2. The zero-order valence-corrected chi connectivity index (χ0v) is 12.3. The van der Waals surface area contributed by atoms with E-state index < -0.39 is 25.8 Å². The Labute approximate surface area is 130 Å². The van der Waals surface area contributed by atoms with Crippen LogP contribution in [0, 0.1) is 10.1 Å². The molecular weight excluding hydrogens is 326 g/mol. The van der Waals surface area contributed by atoms with E-state index in [-0.39, 0.29) is 22.6 Å². The fourth-order valence-corrected chi connectivity index (χ4v) is 2.42. The van der Waals surface area contributed by atoms with Gasteiger partial charge in [0.15, 0.2) is 0 Å². The van der Waals surface area contributed by atoms with Crippen molar-refractivity contribution in [3.8, 4) is 0 Å². The average Bonchev–Trinajstić information content (AvgIpc) is 2.48. The number of anilines is 2. The van der Waals surface area contributed by atoms with Crippen LogP contribution in [0.25, 0.3) is 0 Å². The number of nitro groups is 1. The van der Waals surface area contributed by atoms with E-state index in [0.717, 1.165) is 6.07 Å². The van der Waals surface area contributed by atoms with Crippen molar-refractivity contribution in [2.75, 3.05) is 11.1 Å². The molecule has 1 amide bonds. The van der Waals surface area contributed by atoms with E-state index in [1.54, 1.807) is 0 Å². The van der Waals surface area contributed by atoms with E-state index in [2.05, 4.69) is 5.32 Å². The molecule has 0 aliphatic carbocycles. The summed E-state index contributed by atoms with van der Waals surface area (Å²) in [6, 6.07) is 8.43. The minimum Gasteiger partial charge on any atom is -0.398 e. The summed E-state index contributed by atoms with van der Waals surface area (Å²) in [5.74, 6) is -0.606. The van der Waals surface area contributed by atoms with Crippen LogP contribution in [-0.4, -0.2) is 23.8 Å². The molecule has 2 aromatic carbocycles. The quantitative estimate of drug-likeness (QED) is 0.332. The molecule has 0 saturated heterocycles. The summed E-state index contributed by atoms with van der Waals surface area (Å²) >= 11 is 0. The molecule has 0 atom stereocenters. The highest BCUT2D eigenvalue weighted by Crippen LogP contribution is 2.23. The maximum atomic E-state index is 12.0. The molecule has 0 aliphatic heterocycles. The lowest BCUT2D eigenvalue weighted by molar-refractivity contribution is -0.384. The standard InChI is InChI=1S/C13H11N3O6S/c14-11-6-3-9(7-12(11)23(20,21)22)15-13(17)8-1-4-10(5-2-8)16(18)19/h1-7H,14H2,(H,15,17)(H,20,21,22). The lowest BCUT2D eigenvalue weighted by Gasteiger charge is -2.08. The molecule has 0 heterocycles. The Bertz CT molecular complexity index is 877. The second kappa shape index (κ2) is 6.02. The summed E-state index contributed by atoms with van der Waals surface area (Å²) < 4.78 is 31.4. The van der Waals surface area contributed by atoms with Gasteiger partial charge in [-0.25, -0.2) is 0 Å². The number of hydrogen-bond donors (Lipinski definition) is 3. The first-order valence-electron chi connectivity index (χ1n) is 6.11. The molecule has 0 radical (unpaired) electrons. The monoisotopic (exact) mass is 337 g/mol. The van der Waals surface area contributed by atoms with Gasteiger partial charge in [-0.2, -0.15) is 8.42 Å². The summed E-state index contributed by atoms with van der Waals surface area (Å²) in [5.41, 5.74) is 5.35. The Kier molecular flexibility index (Phi) is 4.29. The molecule has 0 spiro atoms. The highest BCUT2D eigenvalue weighted by molar-refractivity contribution is 7.86. The zero-order chi connectivity index (χ0) is 17.2. The van der Waals surface area contributed by atoms with E-state index in [1.807, 2.05) is 0 Å². The topological polar surface area (TPSA) is 153 Å². The normalized spacial score (nSPS) is 11.0. The minimum absolute atomic E-state index is 0.0928. The first kappa shape index (κ1) is 16.4. The maximum Gasteiger partial charge on any atom is 0.296 e. The Morgan fingerprint density at radius 2 is 1.78 bits per heavy atom. The highest BCUT2D eigenvalue weighted by atomic mass is 32.2. The fraction of sp³-hybridized carbons (Fsp3) is 0. The number of benzene rings is 2. The molecule has 10 heteroatoms. The van der Waals surface area contributed by atoms with E-state index in [1.165, 1.54) is 36.4 Å². The molecule has 0 bridgehead atoms. The van der Waals surface area contributed by atoms with Gasteiger partial charge in [-0.05, 0) is 30.3 Å². The van der Waals surface area contributed by atoms with Crippen LogP contribution in [0.2, 0.25) is 0 Å². The van der Waals surface area contributed by atoms with E-state index >= 15 is 0 Å². The average molecular weight is 337 g/mol. The van der Waals surface area contributed by atoms with Crippen molar-refractivity contribution in [1.82, 2.24) is 0 Å². The van der Waals surface area contributed by atoms with Crippen LogP contribution in [0.4, 0.5) is 17.1 Å². The second-order valence-corrected chi connectivity index (χ2v) is 5.88. The SMILES string of the molecule is Nc1ccc(NC(=O)c2ccc([N+](=O)[O-])cc2)cc1S(=O)(=O)O. The zero-order valence-electron chi connectivity index (χ0n) is 11.5. The first-order chi connectivity index (χ1) is 10.7. The lowest BCUT2D eigenvalue weighted by Crippen LogP contribution is -2.13. The Morgan fingerprint density at radius 1 is 1.17 bits per heavy atom. The molecule has 0 aromatic heterocycles. The van der Waals surface area contributed by atoms with Crippen molar-refractivity contribution in [3.63, 3.8) is 0 Å². The molecule has 4 N–H and O–H groups in total. The van der Waals surface area contributed by atoms with Gasteiger partial charge in [-0.1, -0.05) is 0 Å². The number of non-ortho nitro benzene ring substituents is 1. The van der Waals surface area contributed by atoms with Gasteiger partial charge in [0.25, 0.3) is 21.7 Å². The largest absolute Gasteiger partial charge is 0.398 e. The summed E-state index contributed by atoms with van der Waals surface area (Å²) in [5, 5.41) is 13.0. The molecule has 2 aromatic rings. The Morgan fingerprint density at radius 3 is 2.30 bits per heavy atom. The van der Waals surface area contributed by atoms with Crippen LogP contribution >= 0.6 is 0 Å². The number of nitrogen functional groups attached to an aromatic ring is 1. The first-order valence-corrected chi connectivity index (χ1v) is 7.55. The third kappa shape index (κ3) is 3.81. The minimum atomic E-state index is -4.52. The number of carbonyl (C=O) groups excluding carboxylic acids is 1. The third-order valence-electron chi connectivity index (χ3n) is 2.89. The molecular formula is C13H11N3O6S. The third-order valence-corrected chi connectivity index (χ3v) is 3.80. The summed E-state index contributed by atoms with van der Waals surface area (Å²) in [7, 11) is -4.52. The summed E-state index contributed by atoms with van der Waals surface area (Å²) in [6.07, 6.45) is 0. The van der Waals surface area contributed by atoms with E-state index in [4.69, 9.17) is 10.3 Å². The molecule has 0 fully saturated rings. The van der Waals surface area contributed by atoms with Crippen molar-refractivity contribution >= 4 is 33.1 Å². The number of nitrogens with zero attached hydrogens (tertiary/aromatic N) is 1. The van der Waals surface area contributed by atoms with E-state index in [0.29, 0.717) is 0 Å². The fourth-order valence-electron chi connectivity index (χ4n) is 1.77. The summed E-state index contributed by atoms with van der Waals surface area (Å²) in [6.45, 7) is 0. The number of hydrogen-bond acceptors (Lipinski definition) is 6. The molecule has 2 rings (SSSR count). The van der Waals surface area contributed by atoms with Crippen molar-refractivity contribution in [3.05, 3.63) is 58.1 Å². The Hall–Kier alpha value is -2.98. The van der Waals surface area contributed by atoms with E-state index in [9.17, 15) is 23.3 Å². The van der Waals surface area contributed by atoms with Crippen LogP contribution < -0.4 is 11.1 Å². The van der Waals surface area contributed by atoms with Gasteiger partial charge < -0.3 is 11.1 Å². The molecule has 0 aliphatic rings. The van der Waals surface area contributed by atoms with Crippen LogP contribution in [0.1, 0.15) is 10.4 Å². The van der Waals surface area contributed by atoms with Crippen LogP contribution in [0.5, 0.6) is 0 Å². The smallest absolute Gasteiger partial charge is 0.296 e. The van der Waals surface area contributed by atoms with Crippen molar-refractivity contribution < 1.29 is 22.7 Å². The van der Waals surface area contributed by atoms with Crippen molar-refractivity contribution in [2.45, 2.75) is 4.90 Å². The molecule has 0 saturated carbocycles. The molecule has 9 nitrogen and oxygen atoms in total. The number of amides is 1. The number of nitrogens with two attached hydrogens (primary N) is 1. The Balaban J connectivity index is 2.25. The highest BCUT2D eigenvalue weighted by Gasteiger charge is 2.16. The van der Waals surface area contributed by atoms with Crippen LogP contribution in [0.15, 0.2) is 47.4 Å². The molecule has 0 unspecified atom stereocenters. The van der Waals surface area contributed by atoms with Crippen LogP contribution in [0.3, 0.4) is 0 Å². The number of carbonyl (C=O) groups is 1. The van der Waals surface area contributed by atoms with Gasteiger partial charge in [0.1, 0.15) is 4.90 Å². The second-order valence-electron chi connectivity index (χ2n) is 4.49. The molecule has 23 heavy (non-hydrogen) atoms. The number of rotatable bonds is 4. The van der Waals surface area contributed by atoms with Gasteiger partial charge in [-0.15, -0.1) is 0 Å². The van der Waals surface area contributed by atoms with Crippen molar-refractivity contribution in [2.24, 2.45) is 0 Å². The van der Waals surface area contributed by atoms with Gasteiger partial charge in [0.05, 0.1) is 10.6 Å². The predicted molar refractivity (Wildman–Crippen MR) is 81.7 cm³/mol. The number of nitro benzene ring substituents is 1. The number of nitrogens with one attached hydrogen (secondary N) is 1. The molecule has 120 valence electrons.